The van der Waals surface area contributed by atoms with Gasteiger partial charge in [0.15, 0.2) is 0 Å². The van der Waals surface area contributed by atoms with Crippen LogP contribution in [-0.4, -0.2) is 24.1 Å². The molecule has 6 heteroatoms. The number of ether oxygens (including phenoxy) is 1. The number of thiazole rings is 1. The number of nitrogens with one attached hydrogen (secondary N) is 1. The third kappa shape index (κ3) is 4.26. The first-order valence-corrected chi connectivity index (χ1v) is 6.69. The molecular weight excluding hydrogens is 260 g/mol. The van der Waals surface area contributed by atoms with Gasteiger partial charge in [-0.1, -0.05) is 31.9 Å². The molecule has 0 amide bonds. The van der Waals surface area contributed by atoms with E-state index in [0.29, 0.717) is 10.9 Å². The molecule has 17 heavy (non-hydrogen) atoms. The van der Waals surface area contributed by atoms with Crippen LogP contribution in [0.3, 0.4) is 0 Å². The maximum atomic E-state index is 11.6. The van der Waals surface area contributed by atoms with Gasteiger partial charge in [-0.25, -0.2) is 4.98 Å². The van der Waals surface area contributed by atoms with E-state index >= 15 is 0 Å². The fraction of sp³-hybridized carbons (Fsp3) is 0.636. The predicted octanol–water partition coefficient (Wildman–Crippen LogP) is 2.47. The molecule has 1 rings (SSSR count). The van der Waals surface area contributed by atoms with Crippen molar-refractivity contribution in [1.82, 2.24) is 10.3 Å². The van der Waals surface area contributed by atoms with E-state index in [0.717, 1.165) is 11.4 Å². The molecule has 0 saturated heterocycles. The number of esters is 1. The van der Waals surface area contributed by atoms with Gasteiger partial charge in [0.1, 0.15) is 15.4 Å². The summed E-state index contributed by atoms with van der Waals surface area (Å²) in [5, 5.41) is 4.03. The van der Waals surface area contributed by atoms with Crippen LogP contribution < -0.4 is 5.32 Å². The quantitative estimate of drug-likeness (QED) is 0.811. The van der Waals surface area contributed by atoms with Crippen LogP contribution in [0.1, 0.15) is 25.3 Å². The molecule has 0 unspecified atom stereocenters. The van der Waals surface area contributed by atoms with Gasteiger partial charge in [-0.3, -0.25) is 10.1 Å². The van der Waals surface area contributed by atoms with Gasteiger partial charge in [0.25, 0.3) is 0 Å². The predicted molar refractivity (Wildman–Crippen MR) is 69.2 cm³/mol. The lowest BCUT2D eigenvalue weighted by molar-refractivity contribution is -0.144. The molecule has 1 aromatic rings. The lowest BCUT2D eigenvalue weighted by atomic mass is 9.99. The molecule has 1 N–H and O–H groups in total. The SMILES string of the molecule is CC[C@@H](C)[C@@H](NCc1ncc(Cl)s1)C(=O)OC. The smallest absolute Gasteiger partial charge is 0.323 e. The Morgan fingerprint density at radius 2 is 2.41 bits per heavy atom. The van der Waals surface area contributed by atoms with Crippen molar-refractivity contribution < 1.29 is 9.53 Å². The zero-order valence-electron chi connectivity index (χ0n) is 10.2. The zero-order valence-corrected chi connectivity index (χ0v) is 11.8. The number of nitrogens with zero attached hydrogens (tertiary/aromatic N) is 1. The second-order valence-corrected chi connectivity index (χ2v) is 5.57. The molecule has 1 heterocycles. The summed E-state index contributed by atoms with van der Waals surface area (Å²) in [6, 6.07) is -0.298. The van der Waals surface area contributed by atoms with Crippen LogP contribution in [0.15, 0.2) is 6.20 Å². The Hall–Kier alpha value is -0.650. The van der Waals surface area contributed by atoms with Gasteiger partial charge in [0.05, 0.1) is 13.3 Å². The average Bonchev–Trinajstić information content (AvgIpc) is 2.74. The summed E-state index contributed by atoms with van der Waals surface area (Å²) >= 11 is 7.20. The highest BCUT2D eigenvalue weighted by Gasteiger charge is 2.24. The van der Waals surface area contributed by atoms with Gasteiger partial charge in [-0.05, 0) is 5.92 Å². The number of hydrogen-bond acceptors (Lipinski definition) is 5. The highest BCUT2D eigenvalue weighted by atomic mass is 35.5. The summed E-state index contributed by atoms with van der Waals surface area (Å²) in [7, 11) is 1.40. The van der Waals surface area contributed by atoms with Crippen molar-refractivity contribution in [2.45, 2.75) is 32.9 Å². The number of rotatable bonds is 6. The van der Waals surface area contributed by atoms with Crippen LogP contribution in [0.4, 0.5) is 0 Å². The van der Waals surface area contributed by atoms with Gasteiger partial charge in [0.2, 0.25) is 0 Å². The molecule has 1 aromatic heterocycles. The summed E-state index contributed by atoms with van der Waals surface area (Å²) in [5.41, 5.74) is 0. The monoisotopic (exact) mass is 276 g/mol. The first-order valence-electron chi connectivity index (χ1n) is 5.49. The van der Waals surface area contributed by atoms with E-state index in [9.17, 15) is 4.79 Å². The second kappa shape index (κ2) is 6.93. The summed E-state index contributed by atoms with van der Waals surface area (Å²) in [6.45, 7) is 4.59. The second-order valence-electron chi connectivity index (χ2n) is 3.83. The zero-order chi connectivity index (χ0) is 12.8. The highest BCUT2D eigenvalue weighted by molar-refractivity contribution is 7.15. The normalized spacial score (nSPS) is 14.4. The number of hydrogen-bond donors (Lipinski definition) is 1. The van der Waals surface area contributed by atoms with Gasteiger partial charge < -0.3 is 4.74 Å². The minimum absolute atomic E-state index is 0.220. The molecule has 0 radical (unpaired) electrons. The lowest BCUT2D eigenvalue weighted by Gasteiger charge is -2.21. The number of carbonyl (C=O) groups is 1. The van der Waals surface area contributed by atoms with Crippen molar-refractivity contribution in [2.24, 2.45) is 5.92 Å². The topological polar surface area (TPSA) is 51.2 Å². The lowest BCUT2D eigenvalue weighted by Crippen LogP contribution is -2.42. The van der Waals surface area contributed by atoms with Crippen LogP contribution in [0, 0.1) is 5.92 Å². The first kappa shape index (κ1) is 14.4. The minimum Gasteiger partial charge on any atom is -0.468 e. The number of carbonyl (C=O) groups excluding carboxylic acids is 1. The Labute approximate surface area is 110 Å². The third-order valence-electron chi connectivity index (χ3n) is 2.67. The molecule has 96 valence electrons. The average molecular weight is 277 g/mol. The summed E-state index contributed by atoms with van der Waals surface area (Å²) in [6.07, 6.45) is 2.52. The van der Waals surface area contributed by atoms with Crippen molar-refractivity contribution in [3.8, 4) is 0 Å². The van der Waals surface area contributed by atoms with E-state index in [2.05, 4.69) is 10.3 Å². The standard InChI is InChI=1S/C11H17ClN2O2S/c1-4-7(2)10(11(15)16-3)14-6-9-13-5-8(12)17-9/h5,7,10,14H,4,6H2,1-3H3/t7-,10-/m1/s1. The Kier molecular flexibility index (Phi) is 5.88. The van der Waals surface area contributed by atoms with E-state index in [1.807, 2.05) is 13.8 Å². The summed E-state index contributed by atoms with van der Waals surface area (Å²) in [5.74, 6) is -0.0140. The van der Waals surface area contributed by atoms with Crippen molar-refractivity contribution in [2.75, 3.05) is 7.11 Å². The van der Waals surface area contributed by atoms with Gasteiger partial charge in [0, 0.05) is 6.54 Å². The molecule has 0 saturated carbocycles. The van der Waals surface area contributed by atoms with E-state index in [4.69, 9.17) is 16.3 Å². The van der Waals surface area contributed by atoms with Crippen LogP contribution >= 0.6 is 22.9 Å². The molecule has 2 atom stereocenters. The fourth-order valence-electron chi connectivity index (χ4n) is 1.45. The van der Waals surface area contributed by atoms with Crippen LogP contribution in [-0.2, 0) is 16.1 Å². The van der Waals surface area contributed by atoms with E-state index in [1.165, 1.54) is 18.4 Å². The molecule has 0 fully saturated rings. The Morgan fingerprint density at radius 3 is 2.88 bits per heavy atom. The van der Waals surface area contributed by atoms with Crippen LogP contribution in [0.2, 0.25) is 4.34 Å². The molecule has 0 aliphatic rings. The van der Waals surface area contributed by atoms with Crippen LogP contribution in [0.5, 0.6) is 0 Å². The first-order chi connectivity index (χ1) is 8.08. The minimum atomic E-state index is -0.298. The molecule has 0 bridgehead atoms. The largest absolute Gasteiger partial charge is 0.468 e. The third-order valence-corrected chi connectivity index (χ3v) is 3.78. The van der Waals surface area contributed by atoms with Crippen molar-refractivity contribution >= 4 is 28.9 Å². The molecular formula is C11H17ClN2O2S. The van der Waals surface area contributed by atoms with E-state index < -0.39 is 0 Å². The number of halogens is 1. The number of aromatic nitrogens is 1. The Bertz CT molecular complexity index is 370. The summed E-state index contributed by atoms with van der Waals surface area (Å²) in [4.78, 5) is 15.7. The highest BCUT2D eigenvalue weighted by Crippen LogP contribution is 2.18. The maximum absolute atomic E-state index is 11.6. The van der Waals surface area contributed by atoms with Gasteiger partial charge in [-0.15, -0.1) is 11.3 Å². The maximum Gasteiger partial charge on any atom is 0.323 e. The number of methoxy groups -OCH3 is 1. The summed E-state index contributed by atoms with van der Waals surface area (Å²) < 4.78 is 5.44. The van der Waals surface area contributed by atoms with Gasteiger partial charge in [-0.2, -0.15) is 0 Å². The fourth-order valence-corrected chi connectivity index (χ4v) is 2.35. The van der Waals surface area contributed by atoms with Crippen molar-refractivity contribution in [3.05, 3.63) is 15.5 Å². The van der Waals surface area contributed by atoms with E-state index in [1.54, 1.807) is 6.20 Å². The van der Waals surface area contributed by atoms with Crippen molar-refractivity contribution in [1.29, 1.82) is 0 Å². The van der Waals surface area contributed by atoms with Crippen molar-refractivity contribution in [3.63, 3.8) is 0 Å². The molecule has 0 aliphatic carbocycles. The molecule has 4 nitrogen and oxygen atoms in total. The molecule has 0 aromatic carbocycles. The molecule has 0 aliphatic heterocycles. The Morgan fingerprint density at radius 1 is 1.71 bits per heavy atom. The van der Waals surface area contributed by atoms with Gasteiger partial charge >= 0.3 is 5.97 Å². The van der Waals surface area contributed by atoms with E-state index in [-0.39, 0.29) is 17.9 Å². The van der Waals surface area contributed by atoms with Crippen LogP contribution in [0.25, 0.3) is 0 Å². The molecule has 0 spiro atoms. The Balaban J connectivity index is 2.57.